The van der Waals surface area contributed by atoms with Gasteiger partial charge in [0.2, 0.25) is 0 Å². The fourth-order valence-corrected chi connectivity index (χ4v) is 2.62. The first kappa shape index (κ1) is 13.8. The summed E-state index contributed by atoms with van der Waals surface area (Å²) in [4.78, 5) is 3.22. The molecular formula is C17H17ClN2O. The largest absolute Gasteiger partial charge is 0.492 e. The SMILES string of the molecule is CCOc1ccc(NCc2cccc3[nH]ccc23)cc1Cl. The number of fused-ring (bicyclic) bond motifs is 1. The van der Waals surface area contributed by atoms with Gasteiger partial charge in [0.1, 0.15) is 5.75 Å². The van der Waals surface area contributed by atoms with Crippen molar-refractivity contribution in [3.05, 3.63) is 59.2 Å². The van der Waals surface area contributed by atoms with Gasteiger partial charge in [-0.05, 0) is 42.8 Å². The number of benzene rings is 2. The van der Waals surface area contributed by atoms with E-state index in [1.165, 1.54) is 10.9 Å². The second-order valence-corrected chi connectivity index (χ2v) is 5.20. The standard InChI is InChI=1S/C17H17ClN2O/c1-2-21-17-7-6-13(10-15(17)18)20-11-12-4-3-5-16-14(12)8-9-19-16/h3-10,19-20H,2,11H2,1H3. The van der Waals surface area contributed by atoms with Crippen molar-refractivity contribution in [3.8, 4) is 5.75 Å². The lowest BCUT2D eigenvalue weighted by atomic mass is 10.1. The molecule has 0 bridgehead atoms. The van der Waals surface area contributed by atoms with Crippen molar-refractivity contribution in [1.29, 1.82) is 0 Å². The van der Waals surface area contributed by atoms with Gasteiger partial charge in [0.15, 0.2) is 0 Å². The average molecular weight is 301 g/mol. The minimum absolute atomic E-state index is 0.613. The Bertz CT molecular complexity index is 751. The van der Waals surface area contributed by atoms with Crippen LogP contribution in [-0.2, 0) is 6.54 Å². The number of ether oxygens (including phenoxy) is 1. The highest BCUT2D eigenvalue weighted by Gasteiger charge is 2.04. The molecule has 3 rings (SSSR count). The lowest BCUT2D eigenvalue weighted by molar-refractivity contribution is 0.340. The zero-order chi connectivity index (χ0) is 14.7. The van der Waals surface area contributed by atoms with Crippen LogP contribution in [0.5, 0.6) is 5.75 Å². The third-order valence-electron chi connectivity index (χ3n) is 3.40. The molecule has 0 unspecified atom stereocenters. The summed E-state index contributed by atoms with van der Waals surface area (Å²) in [5.74, 6) is 0.720. The van der Waals surface area contributed by atoms with E-state index >= 15 is 0 Å². The molecule has 2 N–H and O–H groups in total. The van der Waals surface area contributed by atoms with Crippen LogP contribution in [0.1, 0.15) is 12.5 Å². The molecule has 21 heavy (non-hydrogen) atoms. The lowest BCUT2D eigenvalue weighted by Gasteiger charge is -2.10. The van der Waals surface area contributed by atoms with Crippen LogP contribution in [0.2, 0.25) is 5.02 Å². The van der Waals surface area contributed by atoms with E-state index in [4.69, 9.17) is 16.3 Å². The fourth-order valence-electron chi connectivity index (χ4n) is 2.39. The van der Waals surface area contributed by atoms with Gasteiger partial charge in [-0.15, -0.1) is 0 Å². The number of hydrogen-bond donors (Lipinski definition) is 2. The Morgan fingerprint density at radius 1 is 1.19 bits per heavy atom. The van der Waals surface area contributed by atoms with E-state index in [9.17, 15) is 0 Å². The van der Waals surface area contributed by atoms with Crippen molar-refractivity contribution >= 4 is 28.2 Å². The summed E-state index contributed by atoms with van der Waals surface area (Å²) in [6.07, 6.45) is 1.96. The van der Waals surface area contributed by atoms with Crippen molar-refractivity contribution in [2.75, 3.05) is 11.9 Å². The molecule has 0 radical (unpaired) electrons. The number of H-pyrrole nitrogens is 1. The summed E-state index contributed by atoms with van der Waals surface area (Å²) in [6.45, 7) is 3.31. The predicted octanol–water partition coefficient (Wildman–Crippen LogP) is 4.83. The number of halogens is 1. The maximum absolute atomic E-state index is 6.20. The quantitative estimate of drug-likeness (QED) is 0.708. The summed E-state index contributed by atoms with van der Waals surface area (Å²) in [5.41, 5.74) is 3.38. The lowest BCUT2D eigenvalue weighted by Crippen LogP contribution is -2.00. The van der Waals surface area contributed by atoms with Gasteiger partial charge in [0.05, 0.1) is 11.6 Å². The Morgan fingerprint density at radius 3 is 2.90 bits per heavy atom. The molecule has 2 aromatic carbocycles. The number of aromatic nitrogens is 1. The van der Waals surface area contributed by atoms with Crippen LogP contribution < -0.4 is 10.1 Å². The van der Waals surface area contributed by atoms with Gasteiger partial charge >= 0.3 is 0 Å². The second-order valence-electron chi connectivity index (χ2n) is 4.79. The summed E-state index contributed by atoms with van der Waals surface area (Å²) < 4.78 is 5.44. The van der Waals surface area contributed by atoms with E-state index < -0.39 is 0 Å². The summed E-state index contributed by atoms with van der Waals surface area (Å²) in [6, 6.07) is 14.1. The number of aromatic amines is 1. The first-order valence-electron chi connectivity index (χ1n) is 6.99. The van der Waals surface area contributed by atoms with E-state index in [0.29, 0.717) is 11.6 Å². The van der Waals surface area contributed by atoms with Crippen LogP contribution in [0.25, 0.3) is 10.9 Å². The highest BCUT2D eigenvalue weighted by molar-refractivity contribution is 6.32. The van der Waals surface area contributed by atoms with Gasteiger partial charge in [0.25, 0.3) is 0 Å². The summed E-state index contributed by atoms with van der Waals surface area (Å²) in [7, 11) is 0. The van der Waals surface area contributed by atoms with E-state index in [0.717, 1.165) is 23.5 Å². The smallest absolute Gasteiger partial charge is 0.138 e. The maximum Gasteiger partial charge on any atom is 0.138 e. The Kier molecular flexibility index (Phi) is 4.02. The normalized spacial score (nSPS) is 10.8. The Labute approximate surface area is 128 Å². The van der Waals surface area contributed by atoms with Crippen molar-refractivity contribution < 1.29 is 4.74 Å². The van der Waals surface area contributed by atoms with E-state index in [1.807, 2.05) is 31.3 Å². The Balaban J connectivity index is 1.75. The van der Waals surface area contributed by atoms with E-state index in [2.05, 4.69) is 34.6 Å². The van der Waals surface area contributed by atoms with Crippen LogP contribution in [-0.4, -0.2) is 11.6 Å². The van der Waals surface area contributed by atoms with Crippen molar-refractivity contribution in [2.24, 2.45) is 0 Å². The number of nitrogens with one attached hydrogen (secondary N) is 2. The Hall–Kier alpha value is -2.13. The monoisotopic (exact) mass is 300 g/mol. The molecule has 0 saturated heterocycles. The zero-order valence-corrected chi connectivity index (χ0v) is 12.6. The topological polar surface area (TPSA) is 37.0 Å². The van der Waals surface area contributed by atoms with Crippen LogP contribution >= 0.6 is 11.6 Å². The molecule has 1 aromatic heterocycles. The molecule has 4 heteroatoms. The first-order valence-corrected chi connectivity index (χ1v) is 7.37. The molecular weight excluding hydrogens is 284 g/mol. The third kappa shape index (κ3) is 2.98. The fraction of sp³-hybridized carbons (Fsp3) is 0.176. The van der Waals surface area contributed by atoms with Gasteiger partial charge in [-0.3, -0.25) is 0 Å². The summed E-state index contributed by atoms with van der Waals surface area (Å²) >= 11 is 6.20. The average Bonchev–Trinajstić information content (AvgIpc) is 2.97. The van der Waals surface area contributed by atoms with Gasteiger partial charge in [-0.1, -0.05) is 23.7 Å². The molecule has 0 spiro atoms. The molecule has 1 heterocycles. The van der Waals surface area contributed by atoms with Gasteiger partial charge in [-0.25, -0.2) is 0 Å². The summed E-state index contributed by atoms with van der Waals surface area (Å²) in [5, 5.41) is 5.26. The number of anilines is 1. The predicted molar refractivity (Wildman–Crippen MR) is 88.2 cm³/mol. The molecule has 0 aliphatic carbocycles. The molecule has 0 amide bonds. The molecule has 3 nitrogen and oxygen atoms in total. The molecule has 0 aliphatic rings. The van der Waals surface area contributed by atoms with E-state index in [1.54, 1.807) is 0 Å². The highest BCUT2D eigenvalue weighted by atomic mass is 35.5. The molecule has 0 atom stereocenters. The molecule has 0 aliphatic heterocycles. The van der Waals surface area contributed by atoms with Gasteiger partial charge < -0.3 is 15.0 Å². The number of rotatable bonds is 5. The van der Waals surface area contributed by atoms with E-state index in [-0.39, 0.29) is 0 Å². The molecule has 0 fully saturated rings. The minimum atomic E-state index is 0.613. The third-order valence-corrected chi connectivity index (χ3v) is 3.70. The van der Waals surface area contributed by atoms with Crippen molar-refractivity contribution in [3.63, 3.8) is 0 Å². The molecule has 108 valence electrons. The molecule has 3 aromatic rings. The highest BCUT2D eigenvalue weighted by Crippen LogP contribution is 2.28. The Morgan fingerprint density at radius 2 is 2.10 bits per heavy atom. The van der Waals surface area contributed by atoms with Gasteiger partial charge in [0, 0.05) is 29.3 Å². The van der Waals surface area contributed by atoms with Gasteiger partial charge in [-0.2, -0.15) is 0 Å². The van der Waals surface area contributed by atoms with Crippen molar-refractivity contribution in [2.45, 2.75) is 13.5 Å². The zero-order valence-electron chi connectivity index (χ0n) is 11.8. The second kappa shape index (κ2) is 6.10. The minimum Gasteiger partial charge on any atom is -0.492 e. The van der Waals surface area contributed by atoms with Crippen LogP contribution in [0.15, 0.2) is 48.7 Å². The molecule has 0 saturated carbocycles. The van der Waals surface area contributed by atoms with Crippen LogP contribution in [0, 0.1) is 0 Å². The van der Waals surface area contributed by atoms with Crippen LogP contribution in [0.4, 0.5) is 5.69 Å². The number of hydrogen-bond acceptors (Lipinski definition) is 2. The van der Waals surface area contributed by atoms with Crippen LogP contribution in [0.3, 0.4) is 0 Å². The van der Waals surface area contributed by atoms with Crippen molar-refractivity contribution in [1.82, 2.24) is 4.98 Å². The first-order chi connectivity index (χ1) is 10.3. The maximum atomic E-state index is 6.20.